The van der Waals surface area contributed by atoms with Gasteiger partial charge in [0.2, 0.25) is 11.8 Å². The predicted octanol–water partition coefficient (Wildman–Crippen LogP) is 2.16. The number of esters is 1. The number of primary amides is 1. The minimum atomic E-state index is -1.25. The lowest BCUT2D eigenvalue weighted by atomic mass is 9.85. The van der Waals surface area contributed by atoms with Crippen molar-refractivity contribution >= 4 is 35.5 Å². The van der Waals surface area contributed by atoms with E-state index in [2.05, 4.69) is 16.0 Å². The van der Waals surface area contributed by atoms with E-state index in [0.717, 1.165) is 25.7 Å². The van der Waals surface area contributed by atoms with Crippen LogP contribution in [0.15, 0.2) is 11.8 Å². The van der Waals surface area contributed by atoms with Crippen LogP contribution in [-0.4, -0.2) is 71.2 Å². The number of Topliss-reactive ketones (excluding diaryl/α,β-unsaturated/α-hetero) is 1. The molecule has 12 nitrogen and oxygen atoms in total. The molecule has 44 heavy (non-hydrogen) atoms. The number of nitrogens with two attached hydrogens (primary N) is 1. The summed E-state index contributed by atoms with van der Waals surface area (Å²) in [5, 5.41) is 8.22. The summed E-state index contributed by atoms with van der Waals surface area (Å²) in [4.78, 5) is 80.1. The Kier molecular flexibility index (Phi) is 9.24. The van der Waals surface area contributed by atoms with Gasteiger partial charge < -0.3 is 31.3 Å². The van der Waals surface area contributed by atoms with Crippen LogP contribution in [0, 0.1) is 34.5 Å². The van der Waals surface area contributed by atoms with E-state index < -0.39 is 58.5 Å². The number of amides is 5. The number of likely N-dealkylation sites (tertiary alicyclic amines) is 1. The molecule has 0 aromatic heterocycles. The third-order valence-electron chi connectivity index (χ3n) is 10.00. The van der Waals surface area contributed by atoms with E-state index >= 15 is 0 Å². The Morgan fingerprint density at radius 3 is 2.14 bits per heavy atom. The van der Waals surface area contributed by atoms with E-state index in [9.17, 15) is 28.8 Å². The molecule has 1 saturated heterocycles. The highest BCUT2D eigenvalue weighted by atomic mass is 16.5. The van der Waals surface area contributed by atoms with Crippen molar-refractivity contribution in [3.8, 4) is 0 Å². The quantitative estimate of drug-likeness (QED) is 0.139. The molecule has 0 aromatic carbocycles. The number of piperidine rings is 1. The second-order valence-corrected chi connectivity index (χ2v) is 14.7. The molecule has 3 saturated carbocycles. The molecule has 4 fully saturated rings. The normalized spacial score (nSPS) is 24.9. The molecule has 4 rings (SSSR count). The van der Waals surface area contributed by atoms with Gasteiger partial charge in [-0.25, -0.2) is 9.59 Å². The zero-order chi connectivity index (χ0) is 32.8. The number of nitrogens with one attached hydrogen (secondary N) is 3. The number of carbonyl (C=O) groups is 6. The smallest absolute Gasteiger partial charge is 0.331 e. The number of urea groups is 1. The molecular formula is C32H49N5O7. The number of allylic oxidation sites excluding steroid dienone is 1. The Morgan fingerprint density at radius 1 is 1.02 bits per heavy atom. The van der Waals surface area contributed by atoms with Gasteiger partial charge in [0.25, 0.3) is 11.7 Å². The highest BCUT2D eigenvalue weighted by molar-refractivity contribution is 6.42. The fraction of sp³-hybridized carbons (Fsp3) is 0.750. The monoisotopic (exact) mass is 615 g/mol. The first-order valence-corrected chi connectivity index (χ1v) is 15.9. The van der Waals surface area contributed by atoms with E-state index in [1.54, 1.807) is 19.9 Å². The molecule has 0 radical (unpaired) electrons. The highest BCUT2D eigenvalue weighted by Gasteiger charge is 2.70. The summed E-state index contributed by atoms with van der Waals surface area (Å²) >= 11 is 0. The number of ketones is 1. The van der Waals surface area contributed by atoms with Crippen LogP contribution < -0.4 is 21.7 Å². The first-order valence-electron chi connectivity index (χ1n) is 15.9. The molecule has 244 valence electrons. The molecule has 0 bridgehead atoms. The first-order chi connectivity index (χ1) is 20.5. The van der Waals surface area contributed by atoms with Crippen molar-refractivity contribution in [2.45, 2.75) is 105 Å². The maximum Gasteiger partial charge on any atom is 0.331 e. The second kappa shape index (κ2) is 12.2. The van der Waals surface area contributed by atoms with Crippen LogP contribution in [0.2, 0.25) is 0 Å². The number of fused-ring (bicyclic) bond motifs is 1. The standard InChI is InChI=1S/C32H49N5O7/c1-8-32(9-2,28(42)44-16-18-12-13-18)36-29(43)35-24(30(3,4)5)27(41)37-15-19-21(31(19,6)7)22(37)26(40)34-20(14-17-10-11-17)23(38)25(33)39/h14,17-19,21-22,24H,8-13,15-16H2,1-7H3,(H2,33,39)(H,34,40)(H2,35,36,43)/b20-14+/t19-,21-,22-,24+/m0/s1. The van der Waals surface area contributed by atoms with Crippen LogP contribution in [0.1, 0.15) is 87.0 Å². The lowest BCUT2D eigenvalue weighted by molar-refractivity contribution is -0.152. The number of nitrogens with zero attached hydrogens (tertiary/aromatic N) is 1. The Hall–Kier alpha value is -3.44. The maximum absolute atomic E-state index is 14.2. The highest BCUT2D eigenvalue weighted by Crippen LogP contribution is 2.65. The molecule has 1 aliphatic heterocycles. The van der Waals surface area contributed by atoms with E-state index in [1.165, 1.54) is 4.90 Å². The third-order valence-corrected chi connectivity index (χ3v) is 10.00. The maximum atomic E-state index is 14.2. The number of hydrogen-bond acceptors (Lipinski definition) is 7. The number of ether oxygens (including phenoxy) is 1. The van der Waals surface area contributed by atoms with Crippen molar-refractivity contribution in [2.75, 3.05) is 13.2 Å². The molecule has 5 N–H and O–H groups in total. The van der Waals surface area contributed by atoms with Gasteiger partial charge in [-0.1, -0.05) is 54.5 Å². The molecule has 5 amide bonds. The van der Waals surface area contributed by atoms with Gasteiger partial charge in [0, 0.05) is 6.54 Å². The van der Waals surface area contributed by atoms with Gasteiger partial charge in [0.15, 0.2) is 0 Å². The lowest BCUT2D eigenvalue weighted by Crippen LogP contribution is -2.63. The van der Waals surface area contributed by atoms with Crippen molar-refractivity contribution in [3.63, 3.8) is 0 Å². The molecule has 1 heterocycles. The fourth-order valence-corrected chi connectivity index (χ4v) is 6.41. The fourth-order valence-electron chi connectivity index (χ4n) is 6.41. The summed E-state index contributed by atoms with van der Waals surface area (Å²) in [7, 11) is 0. The largest absolute Gasteiger partial charge is 0.464 e. The summed E-state index contributed by atoms with van der Waals surface area (Å²) in [6.45, 7) is 13.7. The van der Waals surface area contributed by atoms with Crippen LogP contribution in [-0.2, 0) is 28.7 Å². The van der Waals surface area contributed by atoms with Gasteiger partial charge in [-0.05, 0) is 73.0 Å². The summed E-state index contributed by atoms with van der Waals surface area (Å²) in [5.41, 5.74) is 2.87. The minimum absolute atomic E-state index is 0.0495. The molecule has 3 aliphatic carbocycles. The second-order valence-electron chi connectivity index (χ2n) is 14.7. The molecule has 4 aliphatic rings. The summed E-state index contributed by atoms with van der Waals surface area (Å²) in [6.07, 6.45) is 5.91. The first kappa shape index (κ1) is 33.5. The zero-order valence-electron chi connectivity index (χ0n) is 27.1. The van der Waals surface area contributed by atoms with Gasteiger partial charge in [-0.2, -0.15) is 0 Å². The molecule has 12 heteroatoms. The number of hydrogen-bond donors (Lipinski definition) is 4. The van der Waals surface area contributed by atoms with Crippen LogP contribution in [0.5, 0.6) is 0 Å². The predicted molar refractivity (Wildman–Crippen MR) is 161 cm³/mol. The molecular weight excluding hydrogens is 566 g/mol. The van der Waals surface area contributed by atoms with Crippen molar-refractivity contribution in [3.05, 3.63) is 11.8 Å². The van der Waals surface area contributed by atoms with Gasteiger partial charge in [-0.3, -0.25) is 19.2 Å². The van der Waals surface area contributed by atoms with Crippen LogP contribution >= 0.6 is 0 Å². The summed E-state index contributed by atoms with van der Waals surface area (Å²) in [6, 6.07) is -2.64. The van der Waals surface area contributed by atoms with Crippen LogP contribution in [0.25, 0.3) is 0 Å². The van der Waals surface area contributed by atoms with Crippen LogP contribution in [0.4, 0.5) is 4.79 Å². The Labute approximate surface area is 259 Å². The third kappa shape index (κ3) is 6.94. The molecule has 0 spiro atoms. The minimum Gasteiger partial charge on any atom is -0.464 e. The summed E-state index contributed by atoms with van der Waals surface area (Å²) < 4.78 is 5.52. The topological polar surface area (TPSA) is 177 Å². The summed E-state index contributed by atoms with van der Waals surface area (Å²) in [5.74, 6) is -3.32. The molecule has 0 aromatic rings. The van der Waals surface area contributed by atoms with E-state index in [0.29, 0.717) is 31.9 Å². The Morgan fingerprint density at radius 2 is 1.64 bits per heavy atom. The van der Waals surface area contributed by atoms with E-state index in [-0.39, 0.29) is 28.9 Å². The van der Waals surface area contributed by atoms with Gasteiger partial charge >= 0.3 is 12.0 Å². The van der Waals surface area contributed by atoms with E-state index in [1.807, 2.05) is 34.6 Å². The lowest BCUT2D eigenvalue weighted by Gasteiger charge is -2.38. The molecule has 0 unspecified atom stereocenters. The number of carbonyl (C=O) groups excluding carboxylic acids is 6. The zero-order valence-corrected chi connectivity index (χ0v) is 27.1. The van der Waals surface area contributed by atoms with Crippen molar-refractivity contribution in [1.29, 1.82) is 0 Å². The van der Waals surface area contributed by atoms with Crippen molar-refractivity contribution in [2.24, 2.45) is 40.2 Å². The SMILES string of the molecule is CCC(CC)(NC(=O)N[C@H](C(=O)N1C[C@H]2[C@@H]([C@H]1C(=O)N/C(=C/C1CC1)C(=O)C(N)=O)C2(C)C)C(C)(C)C)C(=O)OCC1CC1. The average molecular weight is 616 g/mol. The van der Waals surface area contributed by atoms with E-state index in [4.69, 9.17) is 10.5 Å². The van der Waals surface area contributed by atoms with Gasteiger partial charge in [-0.15, -0.1) is 0 Å². The van der Waals surface area contributed by atoms with Gasteiger partial charge in [0.1, 0.15) is 17.6 Å². The number of rotatable bonds is 13. The van der Waals surface area contributed by atoms with Crippen molar-refractivity contribution in [1.82, 2.24) is 20.9 Å². The van der Waals surface area contributed by atoms with Crippen molar-refractivity contribution < 1.29 is 33.5 Å². The van der Waals surface area contributed by atoms with Gasteiger partial charge in [0.05, 0.1) is 12.3 Å². The Balaban J connectivity index is 1.53. The Bertz CT molecular complexity index is 1240. The molecule has 4 atom stereocenters. The van der Waals surface area contributed by atoms with Crippen LogP contribution in [0.3, 0.4) is 0 Å². The average Bonchev–Trinajstić information content (AvgIpc) is 3.90.